The van der Waals surface area contributed by atoms with Crippen molar-refractivity contribution in [2.45, 2.75) is 6.92 Å². The number of hydrogen-bond acceptors (Lipinski definition) is 3. The zero-order chi connectivity index (χ0) is 7.33. The molecule has 0 heterocycles. The van der Waals surface area contributed by atoms with Crippen LogP contribution < -0.4 is 0 Å². The highest BCUT2D eigenvalue weighted by Crippen LogP contribution is 1.96. The third-order valence-corrected chi connectivity index (χ3v) is 3.61. The van der Waals surface area contributed by atoms with E-state index >= 15 is 0 Å². The molecule has 56 valence electrons. The number of hydrogen-bond donors (Lipinski definition) is 0. The zero-order valence-corrected chi connectivity index (χ0v) is 7.39. The minimum absolute atomic E-state index is 0.271. The highest BCUT2D eigenvalue weighted by molar-refractivity contribution is 8.00. The number of thioether (sulfide) groups is 1. The summed E-state index contributed by atoms with van der Waals surface area (Å²) in [5.41, 5.74) is 0. The third-order valence-electron chi connectivity index (χ3n) is 1.04. The molecule has 0 amide bonds. The van der Waals surface area contributed by atoms with E-state index in [0.717, 1.165) is 5.75 Å². The monoisotopic (exact) mass is 168 g/mol. The van der Waals surface area contributed by atoms with E-state index in [1.165, 1.54) is 0 Å². The molecule has 0 spiro atoms. The predicted molar refractivity (Wildman–Crippen MR) is 42.7 cm³/mol. The Labute approximate surface area is 60.9 Å². The van der Waals surface area contributed by atoms with Gasteiger partial charge in [-0.05, 0) is 6.26 Å². The topological polar surface area (TPSA) is 34.1 Å². The van der Waals surface area contributed by atoms with Crippen LogP contribution in [0.3, 0.4) is 0 Å². The molecule has 0 aromatic rings. The molecule has 0 rings (SSSR count). The Balaban J connectivity index is 3.61. The van der Waals surface area contributed by atoms with Gasteiger partial charge in [0, 0.05) is 11.5 Å². The maximum Gasteiger partial charge on any atom is 0.150 e. The van der Waals surface area contributed by atoms with E-state index < -0.39 is 9.84 Å². The first-order chi connectivity index (χ1) is 4.12. The molecule has 0 saturated heterocycles. The van der Waals surface area contributed by atoms with Crippen molar-refractivity contribution in [3.05, 3.63) is 0 Å². The maximum absolute atomic E-state index is 10.7. The summed E-state index contributed by atoms with van der Waals surface area (Å²) >= 11 is 1.56. The van der Waals surface area contributed by atoms with Crippen molar-refractivity contribution in [2.75, 3.05) is 23.5 Å². The van der Waals surface area contributed by atoms with Crippen molar-refractivity contribution >= 4 is 21.6 Å². The summed E-state index contributed by atoms with van der Waals surface area (Å²) in [7, 11) is -2.70. The quantitative estimate of drug-likeness (QED) is 0.622. The zero-order valence-electron chi connectivity index (χ0n) is 5.75. The molecule has 0 atom stereocenters. The van der Waals surface area contributed by atoms with Gasteiger partial charge in [0.25, 0.3) is 0 Å². The molecule has 0 aliphatic carbocycles. The highest BCUT2D eigenvalue weighted by atomic mass is 32.2. The summed E-state index contributed by atoms with van der Waals surface area (Å²) in [5, 5.41) is 0. The Morgan fingerprint density at radius 3 is 2.33 bits per heavy atom. The predicted octanol–water partition coefficient (Wildman–Crippen LogP) is 0.784. The summed E-state index contributed by atoms with van der Waals surface area (Å²) < 4.78 is 21.5. The lowest BCUT2D eigenvalue weighted by molar-refractivity contribution is 0.599. The summed E-state index contributed by atoms with van der Waals surface area (Å²) in [6.07, 6.45) is 1.91. The Bertz CT molecular complexity index is 148. The van der Waals surface area contributed by atoms with Crippen LogP contribution >= 0.6 is 11.8 Å². The average Bonchev–Trinajstić information content (AvgIpc) is 1.84. The molecule has 0 fully saturated rings. The van der Waals surface area contributed by atoms with Gasteiger partial charge in [-0.25, -0.2) is 8.42 Å². The molecule has 0 saturated carbocycles. The van der Waals surface area contributed by atoms with Gasteiger partial charge in [0.1, 0.15) is 0 Å². The van der Waals surface area contributed by atoms with Gasteiger partial charge >= 0.3 is 0 Å². The minimum Gasteiger partial charge on any atom is -0.229 e. The second-order valence-electron chi connectivity index (χ2n) is 1.73. The first kappa shape index (κ1) is 9.30. The minimum atomic E-state index is -2.70. The molecule has 0 radical (unpaired) electrons. The number of rotatable bonds is 4. The Morgan fingerprint density at radius 2 is 2.00 bits per heavy atom. The molecule has 0 N–H and O–H groups in total. The fraction of sp³-hybridized carbons (Fsp3) is 1.00. The van der Waals surface area contributed by atoms with Crippen molar-refractivity contribution in [1.82, 2.24) is 0 Å². The van der Waals surface area contributed by atoms with Crippen molar-refractivity contribution in [3.8, 4) is 0 Å². The molecular formula is C5H12O2S2. The lowest BCUT2D eigenvalue weighted by atomic mass is 10.9. The van der Waals surface area contributed by atoms with Crippen molar-refractivity contribution in [3.63, 3.8) is 0 Å². The van der Waals surface area contributed by atoms with Gasteiger partial charge in [-0.2, -0.15) is 11.8 Å². The fourth-order valence-corrected chi connectivity index (χ4v) is 2.33. The van der Waals surface area contributed by atoms with Crippen LogP contribution in [-0.2, 0) is 9.84 Å². The van der Waals surface area contributed by atoms with Gasteiger partial charge in [0.15, 0.2) is 9.84 Å². The van der Waals surface area contributed by atoms with Crippen molar-refractivity contribution in [2.24, 2.45) is 0 Å². The van der Waals surface area contributed by atoms with Gasteiger partial charge in [-0.3, -0.25) is 0 Å². The van der Waals surface area contributed by atoms with Crippen LogP contribution in [0, 0.1) is 0 Å². The Kier molecular flexibility index (Phi) is 4.31. The van der Waals surface area contributed by atoms with E-state index in [0.29, 0.717) is 5.75 Å². The molecular weight excluding hydrogens is 156 g/mol. The summed E-state index contributed by atoms with van der Waals surface area (Å²) in [6, 6.07) is 0. The molecule has 2 nitrogen and oxygen atoms in total. The summed E-state index contributed by atoms with van der Waals surface area (Å²) in [5.74, 6) is 1.31. The first-order valence-corrected chi connectivity index (χ1v) is 6.03. The molecule has 0 aliphatic rings. The van der Waals surface area contributed by atoms with Crippen LogP contribution in [0.25, 0.3) is 0 Å². The maximum atomic E-state index is 10.7. The smallest absolute Gasteiger partial charge is 0.150 e. The summed E-state index contributed by atoms with van der Waals surface area (Å²) in [4.78, 5) is 0. The van der Waals surface area contributed by atoms with Gasteiger partial charge < -0.3 is 0 Å². The Morgan fingerprint density at radius 1 is 1.44 bits per heavy atom. The normalized spacial score (nSPS) is 11.8. The lowest BCUT2D eigenvalue weighted by Gasteiger charge is -1.96. The standard InChI is InChI=1S/C5H12O2S2/c1-3-9(6,7)5-4-8-2/h3-5H2,1-2H3. The van der Waals surface area contributed by atoms with E-state index in [9.17, 15) is 8.42 Å². The molecule has 0 bridgehead atoms. The molecule has 9 heavy (non-hydrogen) atoms. The molecule has 0 unspecified atom stereocenters. The van der Waals surface area contributed by atoms with Gasteiger partial charge in [0.2, 0.25) is 0 Å². The molecule has 4 heteroatoms. The van der Waals surface area contributed by atoms with E-state index in [1.54, 1.807) is 18.7 Å². The molecule has 0 aliphatic heterocycles. The van der Waals surface area contributed by atoms with E-state index in [4.69, 9.17) is 0 Å². The first-order valence-electron chi connectivity index (χ1n) is 2.81. The van der Waals surface area contributed by atoms with Crippen molar-refractivity contribution in [1.29, 1.82) is 0 Å². The van der Waals surface area contributed by atoms with Crippen LogP contribution in [-0.4, -0.2) is 31.9 Å². The summed E-state index contributed by atoms with van der Waals surface area (Å²) in [6.45, 7) is 1.68. The molecule has 0 aromatic carbocycles. The fourth-order valence-electron chi connectivity index (χ4n) is 0.355. The van der Waals surface area contributed by atoms with Crippen LogP contribution in [0.1, 0.15) is 6.92 Å². The second-order valence-corrected chi connectivity index (χ2v) is 5.19. The van der Waals surface area contributed by atoms with Crippen LogP contribution in [0.5, 0.6) is 0 Å². The Hall–Kier alpha value is 0.300. The highest BCUT2D eigenvalue weighted by Gasteiger charge is 2.04. The van der Waals surface area contributed by atoms with Crippen LogP contribution in [0.2, 0.25) is 0 Å². The SMILES string of the molecule is CCS(=O)(=O)CCSC. The lowest BCUT2D eigenvalue weighted by Crippen LogP contribution is -2.09. The number of sulfone groups is 1. The van der Waals surface area contributed by atoms with Crippen LogP contribution in [0.4, 0.5) is 0 Å². The van der Waals surface area contributed by atoms with Crippen molar-refractivity contribution < 1.29 is 8.42 Å². The van der Waals surface area contributed by atoms with Gasteiger partial charge in [-0.15, -0.1) is 0 Å². The van der Waals surface area contributed by atoms with E-state index in [2.05, 4.69) is 0 Å². The second kappa shape index (κ2) is 4.17. The van der Waals surface area contributed by atoms with Gasteiger partial charge in [0.05, 0.1) is 5.75 Å². The van der Waals surface area contributed by atoms with Crippen LogP contribution in [0.15, 0.2) is 0 Å². The third kappa shape index (κ3) is 4.78. The van der Waals surface area contributed by atoms with E-state index in [1.807, 2.05) is 6.26 Å². The van der Waals surface area contributed by atoms with E-state index in [-0.39, 0.29) is 5.75 Å². The largest absolute Gasteiger partial charge is 0.229 e. The average molecular weight is 168 g/mol. The molecule has 0 aromatic heterocycles. The van der Waals surface area contributed by atoms with Gasteiger partial charge in [-0.1, -0.05) is 6.92 Å².